The zero-order chi connectivity index (χ0) is 13.8. The molecule has 0 amide bonds. The van der Waals surface area contributed by atoms with Gasteiger partial charge in [0.1, 0.15) is 18.5 Å². The molecule has 0 spiro atoms. The molecule has 0 radical (unpaired) electrons. The van der Waals surface area contributed by atoms with Gasteiger partial charge in [-0.15, -0.1) is 5.10 Å². The highest BCUT2D eigenvalue weighted by Gasteiger charge is 2.07. The highest BCUT2D eigenvalue weighted by molar-refractivity contribution is 5.40. The molecule has 1 aromatic carbocycles. The number of nitrogens with one attached hydrogen (secondary N) is 1. The third kappa shape index (κ3) is 2.61. The number of benzene rings is 1. The standard InChI is InChI=1S/C13H13N7/c1-10(17-13-5-6-14-8-15-13)11-3-2-4-12(7-11)20-9-16-18-19-20/h2-10H,1H3,(H,14,15,17)/t10-/m1/s1. The third-order valence-electron chi connectivity index (χ3n) is 2.93. The maximum atomic E-state index is 4.16. The normalized spacial score (nSPS) is 12.1. The van der Waals surface area contributed by atoms with E-state index >= 15 is 0 Å². The van der Waals surface area contributed by atoms with Gasteiger partial charge in [0.15, 0.2) is 0 Å². The van der Waals surface area contributed by atoms with Crippen LogP contribution in [0.5, 0.6) is 0 Å². The summed E-state index contributed by atoms with van der Waals surface area (Å²) in [6.45, 7) is 2.07. The van der Waals surface area contributed by atoms with Crippen molar-refractivity contribution in [1.29, 1.82) is 0 Å². The highest BCUT2D eigenvalue weighted by Crippen LogP contribution is 2.19. The van der Waals surface area contributed by atoms with Gasteiger partial charge < -0.3 is 5.32 Å². The van der Waals surface area contributed by atoms with Crippen molar-refractivity contribution in [2.24, 2.45) is 0 Å². The van der Waals surface area contributed by atoms with Crippen molar-refractivity contribution in [2.75, 3.05) is 5.32 Å². The van der Waals surface area contributed by atoms with Crippen LogP contribution in [0.25, 0.3) is 5.69 Å². The van der Waals surface area contributed by atoms with Crippen molar-refractivity contribution in [3.05, 3.63) is 54.7 Å². The molecule has 0 fully saturated rings. The number of nitrogens with zero attached hydrogens (tertiary/aromatic N) is 6. The van der Waals surface area contributed by atoms with E-state index in [0.717, 1.165) is 17.1 Å². The van der Waals surface area contributed by atoms with E-state index in [9.17, 15) is 0 Å². The molecule has 0 aliphatic rings. The predicted molar refractivity (Wildman–Crippen MR) is 73.2 cm³/mol. The van der Waals surface area contributed by atoms with E-state index < -0.39 is 0 Å². The molecule has 3 rings (SSSR count). The smallest absolute Gasteiger partial charge is 0.143 e. The number of hydrogen-bond acceptors (Lipinski definition) is 6. The number of aromatic nitrogens is 6. The SMILES string of the molecule is C[C@@H](Nc1ccncn1)c1cccc(-n2cnnn2)c1. The van der Waals surface area contributed by atoms with E-state index in [2.05, 4.69) is 37.7 Å². The number of anilines is 1. The third-order valence-corrected chi connectivity index (χ3v) is 2.93. The minimum absolute atomic E-state index is 0.112. The summed E-state index contributed by atoms with van der Waals surface area (Å²) in [5, 5.41) is 14.5. The average Bonchev–Trinajstić information content (AvgIpc) is 3.03. The fourth-order valence-corrected chi connectivity index (χ4v) is 1.90. The first kappa shape index (κ1) is 12.2. The Labute approximate surface area is 115 Å². The van der Waals surface area contributed by atoms with Crippen LogP contribution >= 0.6 is 0 Å². The van der Waals surface area contributed by atoms with Crippen LogP contribution in [-0.4, -0.2) is 30.2 Å². The van der Waals surface area contributed by atoms with Gasteiger partial charge in [0, 0.05) is 6.20 Å². The number of rotatable bonds is 4. The Morgan fingerprint density at radius 2 is 2.20 bits per heavy atom. The van der Waals surface area contributed by atoms with E-state index in [-0.39, 0.29) is 6.04 Å². The molecule has 0 bridgehead atoms. The van der Waals surface area contributed by atoms with Crippen molar-refractivity contribution in [2.45, 2.75) is 13.0 Å². The molecule has 7 nitrogen and oxygen atoms in total. The molecule has 0 unspecified atom stereocenters. The summed E-state index contributed by atoms with van der Waals surface area (Å²) in [4.78, 5) is 8.05. The molecule has 0 aliphatic heterocycles. The molecular formula is C13H13N7. The molecule has 0 saturated heterocycles. The second kappa shape index (κ2) is 5.43. The lowest BCUT2D eigenvalue weighted by Crippen LogP contribution is -2.08. The predicted octanol–water partition coefficient (Wildman–Crippen LogP) is 1.63. The van der Waals surface area contributed by atoms with Gasteiger partial charge in [-0.1, -0.05) is 12.1 Å². The van der Waals surface area contributed by atoms with E-state index in [0.29, 0.717) is 0 Å². The summed E-state index contributed by atoms with van der Waals surface area (Å²) in [6.07, 6.45) is 4.80. The van der Waals surface area contributed by atoms with Gasteiger partial charge >= 0.3 is 0 Å². The summed E-state index contributed by atoms with van der Waals surface area (Å²) in [5.74, 6) is 0.792. The van der Waals surface area contributed by atoms with Gasteiger partial charge in [0.25, 0.3) is 0 Å². The quantitative estimate of drug-likeness (QED) is 0.773. The second-order valence-corrected chi connectivity index (χ2v) is 4.31. The molecule has 0 aliphatic carbocycles. The van der Waals surface area contributed by atoms with Crippen molar-refractivity contribution >= 4 is 5.82 Å². The first-order valence-corrected chi connectivity index (χ1v) is 6.19. The molecule has 3 aromatic rings. The highest BCUT2D eigenvalue weighted by atomic mass is 15.5. The molecule has 100 valence electrons. The number of tetrazole rings is 1. The van der Waals surface area contributed by atoms with Crippen LogP contribution in [0.15, 0.2) is 49.2 Å². The van der Waals surface area contributed by atoms with Crippen LogP contribution in [0.4, 0.5) is 5.82 Å². The Bertz CT molecular complexity index is 666. The van der Waals surface area contributed by atoms with Crippen LogP contribution < -0.4 is 5.32 Å². The summed E-state index contributed by atoms with van der Waals surface area (Å²) >= 11 is 0. The Morgan fingerprint density at radius 1 is 1.25 bits per heavy atom. The van der Waals surface area contributed by atoms with Crippen LogP contribution in [-0.2, 0) is 0 Å². The van der Waals surface area contributed by atoms with Crippen molar-refractivity contribution in [3.63, 3.8) is 0 Å². The lowest BCUT2D eigenvalue weighted by Gasteiger charge is -2.15. The Hall–Kier alpha value is -2.83. The molecule has 20 heavy (non-hydrogen) atoms. The summed E-state index contributed by atoms with van der Waals surface area (Å²) in [5.41, 5.74) is 2.04. The zero-order valence-corrected chi connectivity index (χ0v) is 10.9. The second-order valence-electron chi connectivity index (χ2n) is 4.31. The lowest BCUT2D eigenvalue weighted by atomic mass is 10.1. The Balaban J connectivity index is 1.82. The Morgan fingerprint density at radius 3 is 2.95 bits per heavy atom. The van der Waals surface area contributed by atoms with Gasteiger partial charge in [-0.3, -0.25) is 0 Å². The molecule has 2 aromatic heterocycles. The fraction of sp³-hybridized carbons (Fsp3) is 0.154. The summed E-state index contributed by atoms with van der Waals surface area (Å²) < 4.78 is 1.63. The molecular weight excluding hydrogens is 254 g/mol. The van der Waals surface area contributed by atoms with Crippen molar-refractivity contribution in [1.82, 2.24) is 30.2 Å². The molecule has 1 N–H and O–H groups in total. The maximum Gasteiger partial charge on any atom is 0.143 e. The Kier molecular flexibility index (Phi) is 3.32. The maximum absolute atomic E-state index is 4.16. The molecule has 1 atom stereocenters. The van der Waals surface area contributed by atoms with Crippen molar-refractivity contribution in [3.8, 4) is 5.69 Å². The van der Waals surface area contributed by atoms with E-state index in [4.69, 9.17) is 0 Å². The minimum atomic E-state index is 0.112. The molecule has 2 heterocycles. The summed E-state index contributed by atoms with van der Waals surface area (Å²) in [6, 6.07) is 9.96. The zero-order valence-electron chi connectivity index (χ0n) is 10.9. The van der Waals surface area contributed by atoms with Gasteiger partial charge in [0.2, 0.25) is 0 Å². The topological polar surface area (TPSA) is 81.4 Å². The van der Waals surface area contributed by atoms with Crippen LogP contribution in [0, 0.1) is 0 Å². The van der Waals surface area contributed by atoms with Gasteiger partial charge in [0.05, 0.1) is 11.7 Å². The van der Waals surface area contributed by atoms with Gasteiger partial charge in [-0.2, -0.15) is 0 Å². The van der Waals surface area contributed by atoms with E-state index in [1.807, 2.05) is 30.3 Å². The molecule has 0 saturated carbocycles. The molecule has 7 heteroatoms. The van der Waals surface area contributed by atoms with Crippen LogP contribution in [0.1, 0.15) is 18.5 Å². The van der Waals surface area contributed by atoms with Crippen molar-refractivity contribution < 1.29 is 0 Å². The largest absolute Gasteiger partial charge is 0.363 e. The van der Waals surface area contributed by atoms with Crippen LogP contribution in [0.2, 0.25) is 0 Å². The summed E-state index contributed by atoms with van der Waals surface area (Å²) in [7, 11) is 0. The average molecular weight is 267 g/mol. The monoisotopic (exact) mass is 267 g/mol. The van der Waals surface area contributed by atoms with Gasteiger partial charge in [-0.05, 0) is 41.1 Å². The minimum Gasteiger partial charge on any atom is -0.363 e. The van der Waals surface area contributed by atoms with Gasteiger partial charge in [-0.25, -0.2) is 14.6 Å². The van der Waals surface area contributed by atoms with Crippen LogP contribution in [0.3, 0.4) is 0 Å². The fourth-order valence-electron chi connectivity index (χ4n) is 1.90. The first-order valence-electron chi connectivity index (χ1n) is 6.19. The van der Waals surface area contributed by atoms with E-state index in [1.165, 1.54) is 6.33 Å². The number of hydrogen-bond donors (Lipinski definition) is 1. The van der Waals surface area contributed by atoms with E-state index in [1.54, 1.807) is 17.2 Å². The first-order chi connectivity index (χ1) is 9.83. The lowest BCUT2D eigenvalue weighted by molar-refractivity contribution is 0.784.